The van der Waals surface area contributed by atoms with E-state index in [1.54, 1.807) is 36.4 Å². The fourth-order valence-electron chi connectivity index (χ4n) is 2.40. The fraction of sp³-hybridized carbons (Fsp3) is 0.368. The van der Waals surface area contributed by atoms with Gasteiger partial charge in [-0.15, -0.1) is 0 Å². The van der Waals surface area contributed by atoms with Crippen LogP contribution < -0.4 is 5.32 Å². The highest BCUT2D eigenvalue weighted by molar-refractivity contribution is 5.27. The molecule has 0 fully saturated rings. The van der Waals surface area contributed by atoms with Crippen LogP contribution >= 0.6 is 0 Å². The molecule has 0 aliphatic rings. The van der Waals surface area contributed by atoms with Crippen molar-refractivity contribution in [2.24, 2.45) is 0 Å². The number of rotatable bonds is 7. The van der Waals surface area contributed by atoms with Crippen molar-refractivity contribution in [3.8, 4) is 11.5 Å². The van der Waals surface area contributed by atoms with Gasteiger partial charge >= 0.3 is 0 Å². The maximum Gasteiger partial charge on any atom is 0.115 e. The average molecular weight is 315 g/mol. The molecule has 2 aromatic carbocycles. The van der Waals surface area contributed by atoms with Crippen molar-refractivity contribution in [1.29, 1.82) is 0 Å². The van der Waals surface area contributed by atoms with Gasteiger partial charge in [0.05, 0.1) is 6.10 Å². The van der Waals surface area contributed by atoms with Gasteiger partial charge in [0.1, 0.15) is 11.5 Å². The number of benzene rings is 2. The third-order valence-electron chi connectivity index (χ3n) is 4.03. The topological polar surface area (TPSA) is 72.7 Å². The molecule has 1 atom stereocenters. The Bertz CT molecular complexity index is 606. The lowest BCUT2D eigenvalue weighted by Crippen LogP contribution is -2.41. The van der Waals surface area contributed by atoms with Crippen molar-refractivity contribution in [3.05, 3.63) is 59.7 Å². The third-order valence-corrected chi connectivity index (χ3v) is 4.03. The van der Waals surface area contributed by atoms with Gasteiger partial charge in [0.2, 0.25) is 0 Å². The molecule has 23 heavy (non-hydrogen) atoms. The van der Waals surface area contributed by atoms with Crippen molar-refractivity contribution in [1.82, 2.24) is 5.32 Å². The van der Waals surface area contributed by atoms with Gasteiger partial charge in [0.15, 0.2) is 0 Å². The predicted molar refractivity (Wildman–Crippen MR) is 91.6 cm³/mol. The molecule has 4 N–H and O–H groups in total. The highest BCUT2D eigenvalue weighted by Crippen LogP contribution is 2.19. The van der Waals surface area contributed by atoms with Gasteiger partial charge in [-0.25, -0.2) is 0 Å². The van der Waals surface area contributed by atoms with Crippen molar-refractivity contribution in [2.75, 3.05) is 6.54 Å². The van der Waals surface area contributed by atoms with E-state index in [1.165, 1.54) is 5.56 Å². The molecule has 0 aliphatic heterocycles. The van der Waals surface area contributed by atoms with Crippen molar-refractivity contribution in [2.45, 2.75) is 38.3 Å². The summed E-state index contributed by atoms with van der Waals surface area (Å²) in [6, 6.07) is 13.9. The van der Waals surface area contributed by atoms with Gasteiger partial charge in [0.25, 0.3) is 0 Å². The first-order valence-electron chi connectivity index (χ1n) is 7.86. The number of β-amino-alcohol motifs (C(OH)–C–C–N with tert-alkyl or cyclic N) is 1. The van der Waals surface area contributed by atoms with Gasteiger partial charge in [-0.3, -0.25) is 0 Å². The van der Waals surface area contributed by atoms with Gasteiger partial charge in [-0.2, -0.15) is 0 Å². The Morgan fingerprint density at radius 3 is 2.00 bits per heavy atom. The lowest BCUT2D eigenvalue weighted by atomic mass is 9.94. The van der Waals surface area contributed by atoms with Gasteiger partial charge in [-0.05, 0) is 62.1 Å². The van der Waals surface area contributed by atoms with E-state index < -0.39 is 6.10 Å². The Morgan fingerprint density at radius 2 is 1.43 bits per heavy atom. The summed E-state index contributed by atoms with van der Waals surface area (Å²) in [7, 11) is 0. The summed E-state index contributed by atoms with van der Waals surface area (Å²) in [4.78, 5) is 0. The van der Waals surface area contributed by atoms with Crippen LogP contribution in [0.4, 0.5) is 0 Å². The molecule has 2 aromatic rings. The molecule has 0 saturated heterocycles. The molecule has 0 bridgehead atoms. The number of phenols is 2. The Morgan fingerprint density at radius 1 is 0.913 bits per heavy atom. The summed E-state index contributed by atoms with van der Waals surface area (Å²) in [5, 5.41) is 32.2. The normalized spacial score (nSPS) is 13.0. The SMILES string of the molecule is CC(C)(CCc1ccc(O)cc1)NCC(O)c1ccc(O)cc1. The zero-order valence-electron chi connectivity index (χ0n) is 13.7. The van der Waals surface area contributed by atoms with Crippen LogP contribution in [0.15, 0.2) is 48.5 Å². The molecule has 0 radical (unpaired) electrons. The number of aromatic hydroxyl groups is 2. The van der Waals surface area contributed by atoms with Crippen LogP contribution in [0.25, 0.3) is 0 Å². The molecule has 124 valence electrons. The third kappa shape index (κ3) is 5.58. The van der Waals surface area contributed by atoms with E-state index >= 15 is 0 Å². The van der Waals surface area contributed by atoms with Crippen LogP contribution in [-0.2, 0) is 6.42 Å². The highest BCUT2D eigenvalue weighted by atomic mass is 16.3. The Labute approximate surface area is 137 Å². The van der Waals surface area contributed by atoms with Crippen LogP contribution in [0.2, 0.25) is 0 Å². The van der Waals surface area contributed by atoms with E-state index in [0.717, 1.165) is 18.4 Å². The second-order valence-corrected chi connectivity index (χ2v) is 6.54. The van der Waals surface area contributed by atoms with Gasteiger partial charge < -0.3 is 20.6 Å². The molecule has 2 rings (SSSR count). The summed E-state index contributed by atoms with van der Waals surface area (Å²) in [5.41, 5.74) is 1.84. The fourth-order valence-corrected chi connectivity index (χ4v) is 2.40. The maximum absolute atomic E-state index is 10.2. The molecule has 4 nitrogen and oxygen atoms in total. The molecule has 0 spiro atoms. The minimum absolute atomic E-state index is 0.115. The zero-order valence-corrected chi connectivity index (χ0v) is 13.7. The number of aryl methyl sites for hydroxylation is 1. The summed E-state index contributed by atoms with van der Waals surface area (Å²) in [5.74, 6) is 0.478. The molecule has 4 heteroatoms. The molecule has 0 heterocycles. The van der Waals surface area contributed by atoms with E-state index in [1.807, 2.05) is 12.1 Å². The molecular weight excluding hydrogens is 290 g/mol. The van der Waals surface area contributed by atoms with Crippen molar-refractivity contribution >= 4 is 0 Å². The van der Waals surface area contributed by atoms with Crippen LogP contribution in [-0.4, -0.2) is 27.4 Å². The first kappa shape index (κ1) is 17.3. The highest BCUT2D eigenvalue weighted by Gasteiger charge is 2.19. The van der Waals surface area contributed by atoms with E-state index in [9.17, 15) is 15.3 Å². The van der Waals surface area contributed by atoms with Gasteiger partial charge in [-0.1, -0.05) is 24.3 Å². The molecule has 1 unspecified atom stereocenters. The molecule has 0 saturated carbocycles. The van der Waals surface area contributed by atoms with Crippen LogP contribution in [0.1, 0.15) is 37.5 Å². The lowest BCUT2D eigenvalue weighted by Gasteiger charge is -2.28. The number of nitrogens with one attached hydrogen (secondary N) is 1. The maximum atomic E-state index is 10.2. The number of aliphatic hydroxyl groups excluding tert-OH is 1. The largest absolute Gasteiger partial charge is 0.508 e. The summed E-state index contributed by atoms with van der Waals surface area (Å²) >= 11 is 0. The quantitative estimate of drug-likeness (QED) is 0.633. The molecular formula is C19H25NO3. The first-order chi connectivity index (χ1) is 10.9. The Balaban J connectivity index is 1.83. The smallest absolute Gasteiger partial charge is 0.115 e. The van der Waals surface area contributed by atoms with E-state index in [0.29, 0.717) is 6.54 Å². The van der Waals surface area contributed by atoms with Crippen LogP contribution in [0, 0.1) is 0 Å². The van der Waals surface area contributed by atoms with Crippen molar-refractivity contribution in [3.63, 3.8) is 0 Å². The molecule has 0 aliphatic carbocycles. The number of aliphatic hydroxyl groups is 1. The summed E-state index contributed by atoms with van der Waals surface area (Å²) in [6.07, 6.45) is 1.21. The number of phenolic OH excluding ortho intramolecular Hbond substituents is 2. The summed E-state index contributed by atoms with van der Waals surface area (Å²) < 4.78 is 0. The number of hydrogen-bond donors (Lipinski definition) is 4. The predicted octanol–water partition coefficient (Wildman–Crippen LogP) is 3.13. The molecule has 0 amide bonds. The van der Waals surface area contributed by atoms with Crippen LogP contribution in [0.5, 0.6) is 11.5 Å². The lowest BCUT2D eigenvalue weighted by molar-refractivity contribution is 0.159. The van der Waals surface area contributed by atoms with E-state index in [2.05, 4.69) is 19.2 Å². The number of hydrogen-bond acceptors (Lipinski definition) is 4. The minimum atomic E-state index is -0.608. The van der Waals surface area contributed by atoms with Gasteiger partial charge in [0, 0.05) is 12.1 Å². The Hall–Kier alpha value is -2.04. The second kappa shape index (κ2) is 7.49. The standard InChI is InChI=1S/C19H25NO3/c1-19(2,12-11-14-3-7-16(21)8-4-14)20-13-18(23)15-5-9-17(22)10-6-15/h3-10,18,20-23H,11-13H2,1-2H3. The van der Waals surface area contributed by atoms with Crippen LogP contribution in [0.3, 0.4) is 0 Å². The van der Waals surface area contributed by atoms with E-state index in [4.69, 9.17) is 0 Å². The first-order valence-corrected chi connectivity index (χ1v) is 7.86. The van der Waals surface area contributed by atoms with E-state index in [-0.39, 0.29) is 17.0 Å². The second-order valence-electron chi connectivity index (χ2n) is 6.54. The molecule has 0 aromatic heterocycles. The zero-order chi connectivity index (χ0) is 16.9. The Kier molecular flexibility index (Phi) is 5.64. The summed E-state index contributed by atoms with van der Waals surface area (Å²) in [6.45, 7) is 4.67. The average Bonchev–Trinajstić information content (AvgIpc) is 2.53. The minimum Gasteiger partial charge on any atom is -0.508 e. The van der Waals surface area contributed by atoms with Crippen molar-refractivity contribution < 1.29 is 15.3 Å². The monoisotopic (exact) mass is 315 g/mol.